The number of aromatic nitrogens is 3. The van der Waals surface area contributed by atoms with Crippen LogP contribution in [-0.2, 0) is 6.54 Å². The van der Waals surface area contributed by atoms with E-state index in [4.69, 9.17) is 5.84 Å². The Hall–Kier alpha value is -2.48. The lowest BCUT2D eigenvalue weighted by Crippen LogP contribution is -2.08. The molecule has 3 N–H and O–H groups in total. The molecule has 0 aliphatic heterocycles. The second-order valence-electron chi connectivity index (χ2n) is 3.34. The van der Waals surface area contributed by atoms with Gasteiger partial charge in [-0.1, -0.05) is 0 Å². The van der Waals surface area contributed by atoms with Crippen LogP contribution in [0, 0.1) is 10.1 Å². The van der Waals surface area contributed by atoms with E-state index in [0.29, 0.717) is 6.54 Å². The number of nitrogens with zero attached hydrogens (tertiary/aromatic N) is 4. The third kappa shape index (κ3) is 2.55. The molecule has 17 heavy (non-hydrogen) atoms. The van der Waals surface area contributed by atoms with Gasteiger partial charge in [0.1, 0.15) is 6.20 Å². The number of rotatable bonds is 4. The minimum absolute atomic E-state index is 0.182. The summed E-state index contributed by atoms with van der Waals surface area (Å²) in [6.07, 6.45) is 4.35. The highest BCUT2D eigenvalue weighted by molar-refractivity contribution is 5.41. The predicted molar refractivity (Wildman–Crippen MR) is 60.0 cm³/mol. The van der Waals surface area contributed by atoms with Gasteiger partial charge in [0.25, 0.3) is 0 Å². The number of nitro groups is 1. The van der Waals surface area contributed by atoms with Gasteiger partial charge in [-0.3, -0.25) is 10.8 Å². The third-order valence-electron chi connectivity index (χ3n) is 2.13. The number of nitrogens with one attached hydrogen (secondary N) is 1. The molecule has 0 atom stereocenters. The first-order valence-corrected chi connectivity index (χ1v) is 4.77. The van der Waals surface area contributed by atoms with E-state index in [-0.39, 0.29) is 5.82 Å². The summed E-state index contributed by atoms with van der Waals surface area (Å²) >= 11 is 0. The monoisotopic (exact) mass is 234 g/mol. The highest BCUT2D eigenvalue weighted by Crippen LogP contribution is 2.10. The molecule has 0 unspecified atom stereocenters. The van der Waals surface area contributed by atoms with Gasteiger partial charge in [-0.05, 0) is 22.0 Å². The summed E-state index contributed by atoms with van der Waals surface area (Å²) in [5, 5.41) is 10.5. The number of pyridine rings is 1. The summed E-state index contributed by atoms with van der Waals surface area (Å²) in [7, 11) is 0. The first-order chi connectivity index (χ1) is 8.19. The third-order valence-corrected chi connectivity index (χ3v) is 2.13. The maximum atomic E-state index is 10.5. The lowest BCUT2D eigenvalue weighted by molar-refractivity contribution is -0.389. The molecule has 0 saturated carbocycles. The fourth-order valence-corrected chi connectivity index (χ4v) is 1.37. The molecule has 2 aromatic heterocycles. The Bertz CT molecular complexity index is 538. The second-order valence-corrected chi connectivity index (χ2v) is 3.34. The number of imidazole rings is 1. The van der Waals surface area contributed by atoms with Crippen LogP contribution in [0.2, 0.25) is 0 Å². The van der Waals surface area contributed by atoms with Crippen molar-refractivity contribution in [2.24, 2.45) is 5.84 Å². The SMILES string of the molecule is NNc1ccnc(Cn2cnc([N+](=O)[O-])c2)c1. The largest absolute Gasteiger partial charge is 0.381 e. The minimum atomic E-state index is -0.540. The van der Waals surface area contributed by atoms with Gasteiger partial charge in [-0.2, -0.15) is 0 Å². The van der Waals surface area contributed by atoms with Crippen molar-refractivity contribution >= 4 is 11.5 Å². The average Bonchev–Trinajstić information content (AvgIpc) is 2.78. The molecule has 0 radical (unpaired) electrons. The number of nitrogens with two attached hydrogens (primary N) is 1. The van der Waals surface area contributed by atoms with E-state index in [2.05, 4.69) is 15.4 Å². The van der Waals surface area contributed by atoms with Crippen molar-refractivity contribution in [3.63, 3.8) is 0 Å². The highest BCUT2D eigenvalue weighted by Gasteiger charge is 2.10. The summed E-state index contributed by atoms with van der Waals surface area (Å²) in [4.78, 5) is 17.7. The van der Waals surface area contributed by atoms with E-state index in [0.717, 1.165) is 11.4 Å². The van der Waals surface area contributed by atoms with Crippen LogP contribution in [0.3, 0.4) is 0 Å². The summed E-state index contributed by atoms with van der Waals surface area (Å²) in [5.41, 5.74) is 3.96. The predicted octanol–water partition coefficient (Wildman–Crippen LogP) is 0.520. The van der Waals surface area contributed by atoms with Gasteiger partial charge in [0.2, 0.25) is 6.33 Å². The normalized spacial score (nSPS) is 10.2. The Morgan fingerprint density at radius 2 is 2.35 bits per heavy atom. The van der Waals surface area contributed by atoms with Crippen molar-refractivity contribution in [1.82, 2.24) is 14.5 Å². The highest BCUT2D eigenvalue weighted by atomic mass is 16.6. The Labute approximate surface area is 96.2 Å². The molecule has 8 nitrogen and oxygen atoms in total. The maximum Gasteiger partial charge on any atom is 0.381 e. The molecule has 0 aliphatic rings. The van der Waals surface area contributed by atoms with E-state index >= 15 is 0 Å². The lowest BCUT2D eigenvalue weighted by Gasteiger charge is -2.03. The van der Waals surface area contributed by atoms with Crippen molar-refractivity contribution in [3.05, 3.63) is 46.7 Å². The zero-order chi connectivity index (χ0) is 12.3. The molecule has 0 aromatic carbocycles. The summed E-state index contributed by atoms with van der Waals surface area (Å²) in [6.45, 7) is 0.399. The molecule has 8 heteroatoms. The Morgan fingerprint density at radius 1 is 1.53 bits per heavy atom. The molecule has 88 valence electrons. The maximum absolute atomic E-state index is 10.5. The van der Waals surface area contributed by atoms with Gasteiger partial charge in [-0.15, -0.1) is 0 Å². The Kier molecular flexibility index (Phi) is 2.97. The fourth-order valence-electron chi connectivity index (χ4n) is 1.37. The van der Waals surface area contributed by atoms with Crippen LogP contribution in [0.15, 0.2) is 30.9 Å². The van der Waals surface area contributed by atoms with Crippen LogP contribution in [0.25, 0.3) is 0 Å². The first kappa shape index (κ1) is 11.0. The molecule has 0 aliphatic carbocycles. The van der Waals surface area contributed by atoms with Crippen molar-refractivity contribution in [1.29, 1.82) is 0 Å². The molecular formula is C9H10N6O2. The Morgan fingerprint density at radius 3 is 3.00 bits per heavy atom. The minimum Gasteiger partial charge on any atom is -0.358 e. The van der Waals surface area contributed by atoms with E-state index < -0.39 is 4.92 Å². The molecule has 0 amide bonds. The van der Waals surface area contributed by atoms with Gasteiger partial charge >= 0.3 is 5.82 Å². The number of nitrogen functional groups attached to an aromatic ring is 1. The van der Waals surface area contributed by atoms with Gasteiger partial charge in [0.15, 0.2) is 0 Å². The number of hydrogen-bond acceptors (Lipinski definition) is 6. The van der Waals surface area contributed by atoms with Gasteiger partial charge in [0, 0.05) is 6.20 Å². The summed E-state index contributed by atoms with van der Waals surface area (Å²) in [5.74, 6) is 5.09. The molecule has 2 rings (SSSR count). The number of hydrogen-bond donors (Lipinski definition) is 2. The summed E-state index contributed by atoms with van der Waals surface area (Å²) in [6, 6.07) is 3.48. The quantitative estimate of drug-likeness (QED) is 0.453. The standard InChI is InChI=1S/C9H10N6O2/c10-13-7-1-2-11-8(3-7)4-14-5-9(12-6-14)15(16)17/h1-3,5-6H,4,10H2,(H,11,13). The van der Waals surface area contributed by atoms with Gasteiger partial charge in [0.05, 0.1) is 17.9 Å². The van der Waals surface area contributed by atoms with Crippen LogP contribution in [-0.4, -0.2) is 19.5 Å². The van der Waals surface area contributed by atoms with Crippen molar-refractivity contribution < 1.29 is 4.92 Å². The molecular weight excluding hydrogens is 224 g/mol. The van der Waals surface area contributed by atoms with E-state index in [1.54, 1.807) is 22.9 Å². The fraction of sp³-hybridized carbons (Fsp3) is 0.111. The molecule has 0 bridgehead atoms. The molecule has 2 aromatic rings. The van der Waals surface area contributed by atoms with Crippen LogP contribution in [0.5, 0.6) is 0 Å². The van der Waals surface area contributed by atoms with E-state index in [1.807, 2.05) is 0 Å². The van der Waals surface area contributed by atoms with E-state index in [9.17, 15) is 10.1 Å². The average molecular weight is 234 g/mol. The Balaban J connectivity index is 2.16. The number of hydrazine groups is 1. The summed E-state index contributed by atoms with van der Waals surface area (Å²) < 4.78 is 1.58. The smallest absolute Gasteiger partial charge is 0.358 e. The van der Waals surface area contributed by atoms with Crippen LogP contribution in [0.1, 0.15) is 5.69 Å². The first-order valence-electron chi connectivity index (χ1n) is 4.77. The van der Waals surface area contributed by atoms with Crippen LogP contribution >= 0.6 is 0 Å². The topological polar surface area (TPSA) is 112 Å². The number of anilines is 1. The van der Waals surface area contributed by atoms with Crippen LogP contribution < -0.4 is 11.3 Å². The van der Waals surface area contributed by atoms with E-state index in [1.165, 1.54) is 12.5 Å². The molecule has 2 heterocycles. The van der Waals surface area contributed by atoms with Crippen LogP contribution in [0.4, 0.5) is 11.5 Å². The van der Waals surface area contributed by atoms with Crippen molar-refractivity contribution in [3.8, 4) is 0 Å². The van der Waals surface area contributed by atoms with Gasteiger partial charge in [-0.25, -0.2) is 0 Å². The lowest BCUT2D eigenvalue weighted by atomic mass is 10.3. The second kappa shape index (κ2) is 4.58. The molecule has 0 fully saturated rings. The zero-order valence-corrected chi connectivity index (χ0v) is 8.78. The molecule has 0 saturated heterocycles. The van der Waals surface area contributed by atoms with Gasteiger partial charge < -0.3 is 20.1 Å². The van der Waals surface area contributed by atoms with Crippen molar-refractivity contribution in [2.75, 3.05) is 5.43 Å². The van der Waals surface area contributed by atoms with Crippen molar-refractivity contribution in [2.45, 2.75) is 6.54 Å². The zero-order valence-electron chi connectivity index (χ0n) is 8.78. The molecule has 0 spiro atoms.